The van der Waals surface area contributed by atoms with Gasteiger partial charge in [0.15, 0.2) is 0 Å². The van der Waals surface area contributed by atoms with Crippen molar-refractivity contribution in [1.29, 1.82) is 0 Å². The van der Waals surface area contributed by atoms with Crippen LogP contribution in [0.2, 0.25) is 0 Å². The first-order chi connectivity index (χ1) is 19.9. The fourth-order valence-corrected chi connectivity index (χ4v) is 5.53. The van der Waals surface area contributed by atoms with Crippen LogP contribution in [-0.4, -0.2) is 31.6 Å². The maximum atomic E-state index is 12.5. The van der Waals surface area contributed by atoms with Gasteiger partial charge in [-0.2, -0.15) is 16.8 Å². The van der Waals surface area contributed by atoms with Crippen LogP contribution in [0.4, 0.5) is 11.4 Å². The molecule has 1 aliphatic rings. The summed E-state index contributed by atoms with van der Waals surface area (Å²) in [6, 6.07) is 20.3. The third kappa shape index (κ3) is 7.61. The molecular weight excluding hydrogens is 580 g/mol. The molecule has 3 aromatic carbocycles. The third-order valence-electron chi connectivity index (χ3n) is 6.30. The molecule has 218 valence electrons. The summed E-state index contributed by atoms with van der Waals surface area (Å²) in [4.78, 5) is -0.813. The van der Waals surface area contributed by atoms with Crippen LogP contribution in [0, 0.1) is 13.8 Å². The average Bonchev–Trinajstić information content (AvgIpc) is 2.94. The molecule has 0 atom stereocenters. The summed E-state index contributed by atoms with van der Waals surface area (Å²) in [6.45, 7) is 3.75. The zero-order valence-electron chi connectivity index (χ0n) is 22.6. The number of hydrogen-bond donors (Lipinski definition) is 4. The van der Waals surface area contributed by atoms with Crippen molar-refractivity contribution in [3.63, 3.8) is 0 Å². The van der Waals surface area contributed by atoms with Crippen molar-refractivity contribution < 1.29 is 25.9 Å². The summed E-state index contributed by atoms with van der Waals surface area (Å²) in [5.41, 5.74) is 7.21. The number of allylic oxidation sites excluding steroid dienone is 3. The van der Waals surface area contributed by atoms with E-state index in [9.17, 15) is 25.9 Å². The van der Waals surface area contributed by atoms with Crippen LogP contribution in [0.3, 0.4) is 0 Å². The molecule has 4 N–H and O–H groups in total. The van der Waals surface area contributed by atoms with E-state index < -0.39 is 37.2 Å². The first kappa shape index (κ1) is 30.5. The van der Waals surface area contributed by atoms with E-state index in [-0.39, 0.29) is 16.0 Å². The lowest BCUT2D eigenvalue weighted by Crippen LogP contribution is -2.27. The Morgan fingerprint density at radius 1 is 0.738 bits per heavy atom. The molecule has 0 amide bonds. The lowest BCUT2D eigenvalue weighted by molar-refractivity contribution is 0.464. The smallest absolute Gasteiger partial charge is 0.282 e. The van der Waals surface area contributed by atoms with Gasteiger partial charge in [0.2, 0.25) is 5.66 Å². The minimum atomic E-state index is -4.79. The lowest BCUT2D eigenvalue weighted by Gasteiger charge is -2.24. The summed E-state index contributed by atoms with van der Waals surface area (Å²) in [7, 11) is -9.33. The fourth-order valence-electron chi connectivity index (χ4n) is 4.02. The zero-order valence-corrected chi connectivity index (χ0v) is 24.2. The number of para-hydroxylation sites is 2. The number of aryl methyl sites for hydroxylation is 2. The quantitative estimate of drug-likeness (QED) is 0.117. The topological polar surface area (TPSA) is 182 Å². The highest BCUT2D eigenvalue weighted by molar-refractivity contribution is 7.89. The second-order valence-electron chi connectivity index (χ2n) is 9.34. The summed E-state index contributed by atoms with van der Waals surface area (Å²) < 4.78 is 68.2. The van der Waals surface area contributed by atoms with Crippen LogP contribution in [0.15, 0.2) is 127 Å². The molecule has 0 spiro atoms. The highest BCUT2D eigenvalue weighted by Gasteiger charge is 2.37. The Hall–Kier alpha value is -4.50. The van der Waals surface area contributed by atoms with Gasteiger partial charge in [-0.1, -0.05) is 83.3 Å². The Kier molecular flexibility index (Phi) is 9.11. The van der Waals surface area contributed by atoms with Crippen LogP contribution < -0.4 is 10.9 Å². The first-order valence-electron chi connectivity index (χ1n) is 12.5. The number of hydrogen-bond acceptors (Lipinski definition) is 8. The predicted molar refractivity (Wildman–Crippen MR) is 160 cm³/mol. The Balaban J connectivity index is 1.72. The molecule has 0 fully saturated rings. The third-order valence-corrected chi connectivity index (χ3v) is 8.23. The Morgan fingerprint density at radius 2 is 1.26 bits per heavy atom. The van der Waals surface area contributed by atoms with E-state index >= 15 is 0 Å². The van der Waals surface area contributed by atoms with Gasteiger partial charge in [0, 0.05) is 6.42 Å². The molecule has 14 heteroatoms. The second-order valence-corrected chi connectivity index (χ2v) is 12.2. The van der Waals surface area contributed by atoms with E-state index in [0.717, 1.165) is 11.1 Å². The van der Waals surface area contributed by atoms with Gasteiger partial charge in [-0.25, -0.2) is 0 Å². The van der Waals surface area contributed by atoms with Crippen molar-refractivity contribution in [2.24, 2.45) is 20.7 Å². The normalized spacial score (nSPS) is 17.9. The molecule has 12 nitrogen and oxygen atoms in total. The minimum absolute atomic E-state index is 0.0439. The van der Waals surface area contributed by atoms with Gasteiger partial charge >= 0.3 is 0 Å². The number of benzene rings is 3. The number of rotatable bonds is 10. The Bertz CT molecular complexity index is 1790. The number of nitrogens with zero attached hydrogens (tertiary/aromatic N) is 4. The predicted octanol–water partition coefficient (Wildman–Crippen LogP) is 6.32. The van der Waals surface area contributed by atoms with Gasteiger partial charge in [0.25, 0.3) is 20.2 Å². The van der Waals surface area contributed by atoms with Crippen LogP contribution in [0.1, 0.15) is 23.1 Å². The summed E-state index contributed by atoms with van der Waals surface area (Å²) in [5, 5.41) is 16.6. The van der Waals surface area contributed by atoms with Crippen LogP contribution in [0.5, 0.6) is 0 Å². The molecule has 3 aromatic rings. The van der Waals surface area contributed by atoms with Crippen LogP contribution >= 0.6 is 0 Å². The van der Waals surface area contributed by atoms with E-state index in [2.05, 4.69) is 31.5 Å². The van der Waals surface area contributed by atoms with Gasteiger partial charge in [0.05, 0.1) is 16.3 Å². The molecule has 0 saturated heterocycles. The first-order valence-corrected chi connectivity index (χ1v) is 15.4. The van der Waals surface area contributed by atoms with Crippen molar-refractivity contribution in [3.8, 4) is 0 Å². The van der Waals surface area contributed by atoms with Crippen LogP contribution in [-0.2, 0) is 20.2 Å². The molecular formula is C28H28N6O6S2. The highest BCUT2D eigenvalue weighted by Crippen LogP contribution is 2.36. The van der Waals surface area contributed by atoms with E-state index in [1.807, 2.05) is 50.2 Å². The molecule has 42 heavy (non-hydrogen) atoms. The van der Waals surface area contributed by atoms with E-state index in [4.69, 9.17) is 0 Å². The molecule has 1 aliphatic carbocycles. The van der Waals surface area contributed by atoms with Gasteiger partial charge in [-0.15, -0.1) is 10.2 Å². The van der Waals surface area contributed by atoms with E-state index in [1.54, 1.807) is 18.2 Å². The SMILES string of the molecule is Cc1ccccc1NN=NC1(N=NNc2ccccc2C)C=CC(C=Cc2ccccc2S(=O)(=O)O)=C(S(=O)(=O)O)C1. The van der Waals surface area contributed by atoms with Gasteiger partial charge in [-0.05, 0) is 60.4 Å². The van der Waals surface area contributed by atoms with Crippen molar-refractivity contribution in [2.75, 3.05) is 10.9 Å². The maximum Gasteiger partial charge on any atom is 0.295 e. The fraction of sp³-hybridized carbons (Fsp3) is 0.143. The molecule has 0 radical (unpaired) electrons. The molecule has 0 unspecified atom stereocenters. The molecule has 0 bridgehead atoms. The minimum Gasteiger partial charge on any atom is -0.282 e. The van der Waals surface area contributed by atoms with Crippen molar-refractivity contribution in [3.05, 3.63) is 118 Å². The number of anilines is 2. The van der Waals surface area contributed by atoms with Gasteiger partial charge < -0.3 is 0 Å². The monoisotopic (exact) mass is 608 g/mol. The summed E-state index contributed by atoms with van der Waals surface area (Å²) in [6.07, 6.45) is 4.98. The number of nitrogens with one attached hydrogen (secondary N) is 2. The molecule has 4 rings (SSSR count). The molecule has 0 aliphatic heterocycles. The van der Waals surface area contributed by atoms with Crippen molar-refractivity contribution in [2.45, 2.75) is 30.8 Å². The lowest BCUT2D eigenvalue weighted by atomic mass is 9.97. The van der Waals surface area contributed by atoms with Gasteiger partial charge in [-0.3, -0.25) is 20.0 Å². The molecule has 0 saturated carbocycles. The van der Waals surface area contributed by atoms with Crippen LogP contribution in [0.25, 0.3) is 6.08 Å². The second kappa shape index (κ2) is 12.6. The molecule has 0 heterocycles. The van der Waals surface area contributed by atoms with E-state index in [0.29, 0.717) is 11.4 Å². The van der Waals surface area contributed by atoms with Crippen molar-refractivity contribution >= 4 is 37.7 Å². The van der Waals surface area contributed by atoms with E-state index in [1.165, 1.54) is 42.5 Å². The summed E-state index contributed by atoms with van der Waals surface area (Å²) in [5.74, 6) is 0. The Morgan fingerprint density at radius 3 is 1.79 bits per heavy atom. The Labute approximate surface area is 243 Å². The van der Waals surface area contributed by atoms with Gasteiger partial charge in [0.1, 0.15) is 4.90 Å². The maximum absolute atomic E-state index is 12.5. The van der Waals surface area contributed by atoms with Crippen molar-refractivity contribution in [1.82, 2.24) is 0 Å². The highest BCUT2D eigenvalue weighted by atomic mass is 32.2. The average molecular weight is 609 g/mol. The molecule has 0 aromatic heterocycles. The largest absolute Gasteiger partial charge is 0.295 e. The standard InChI is InChI=1S/C28H28N6O6S2/c1-20-9-3-6-12-24(20)29-33-31-28(32-34-30-25-13-7-4-10-21(25)2)18-17-23(27(19-28)42(38,39)40)16-15-22-11-5-8-14-26(22)41(35,36)37/h3-18H,19H2,1-2H3,(H,29,31)(H,30,32)(H,35,36,37)(H,38,39,40). The zero-order chi connectivity index (χ0) is 30.4. The summed E-state index contributed by atoms with van der Waals surface area (Å²) >= 11 is 0.